The lowest BCUT2D eigenvalue weighted by Crippen LogP contribution is -2.26. The molecule has 0 atom stereocenters. The fourth-order valence-electron chi connectivity index (χ4n) is 2.13. The van der Waals surface area contributed by atoms with E-state index in [1.54, 1.807) is 13.1 Å². The topological polar surface area (TPSA) is 64.2 Å². The van der Waals surface area contributed by atoms with E-state index in [-0.39, 0.29) is 11.7 Å². The van der Waals surface area contributed by atoms with Crippen molar-refractivity contribution in [3.8, 4) is 0 Å². The molecule has 0 radical (unpaired) electrons. The van der Waals surface area contributed by atoms with Gasteiger partial charge in [0.05, 0.1) is 11.9 Å². The van der Waals surface area contributed by atoms with Crippen LogP contribution in [0.25, 0.3) is 11.1 Å². The number of amides is 1. The summed E-state index contributed by atoms with van der Waals surface area (Å²) < 4.78 is 6.50. The third kappa shape index (κ3) is 3.29. The molecule has 20 heavy (non-hydrogen) atoms. The van der Waals surface area contributed by atoms with E-state index in [1.807, 2.05) is 12.1 Å². The monoisotopic (exact) mass is 276 g/mol. The van der Waals surface area contributed by atoms with E-state index in [0.717, 1.165) is 31.4 Å². The number of unbranched alkanes of at least 4 members (excludes halogenated alkanes) is 2. The summed E-state index contributed by atoms with van der Waals surface area (Å²) in [5.74, 6) is -0.380. The molecule has 5 heteroatoms. The molecular weight excluding hydrogens is 256 g/mol. The molecule has 1 heterocycles. The Hall–Kier alpha value is -2.04. The highest BCUT2D eigenvalue weighted by atomic mass is 16.4. The van der Waals surface area contributed by atoms with E-state index in [1.165, 1.54) is 4.57 Å². The predicted octanol–water partition coefficient (Wildman–Crippen LogP) is 1.98. The number of carbonyl (C=O) groups is 1. The Kier molecular flexibility index (Phi) is 4.61. The van der Waals surface area contributed by atoms with E-state index in [9.17, 15) is 9.59 Å². The van der Waals surface area contributed by atoms with Gasteiger partial charge < -0.3 is 9.73 Å². The van der Waals surface area contributed by atoms with Crippen LogP contribution in [-0.2, 0) is 18.3 Å². The normalized spacial score (nSPS) is 10.9. The SMILES string of the molecule is CCCCCNC(=O)Cc1ccc2oc(=O)n(C)c2c1. The molecule has 1 aromatic heterocycles. The molecule has 1 amide bonds. The summed E-state index contributed by atoms with van der Waals surface area (Å²) in [5.41, 5.74) is 2.14. The van der Waals surface area contributed by atoms with Gasteiger partial charge in [0.2, 0.25) is 5.91 Å². The number of rotatable bonds is 6. The molecule has 0 bridgehead atoms. The number of aromatic nitrogens is 1. The van der Waals surface area contributed by atoms with Gasteiger partial charge in [-0.25, -0.2) is 4.79 Å². The number of hydrogen-bond donors (Lipinski definition) is 1. The van der Waals surface area contributed by atoms with E-state index < -0.39 is 0 Å². The molecule has 0 spiro atoms. The van der Waals surface area contributed by atoms with Gasteiger partial charge >= 0.3 is 5.76 Å². The van der Waals surface area contributed by atoms with Gasteiger partial charge in [-0.3, -0.25) is 9.36 Å². The van der Waals surface area contributed by atoms with E-state index in [2.05, 4.69) is 12.2 Å². The molecule has 1 N–H and O–H groups in total. The van der Waals surface area contributed by atoms with Gasteiger partial charge in [-0.2, -0.15) is 0 Å². The fourth-order valence-corrected chi connectivity index (χ4v) is 2.13. The molecule has 108 valence electrons. The lowest BCUT2D eigenvalue weighted by molar-refractivity contribution is -0.120. The first-order valence-corrected chi connectivity index (χ1v) is 6.97. The number of fused-ring (bicyclic) bond motifs is 1. The number of nitrogens with one attached hydrogen (secondary N) is 1. The van der Waals surface area contributed by atoms with Crippen molar-refractivity contribution in [3.05, 3.63) is 34.3 Å². The van der Waals surface area contributed by atoms with Crippen molar-refractivity contribution in [1.29, 1.82) is 0 Å². The zero-order valence-electron chi connectivity index (χ0n) is 11.9. The maximum Gasteiger partial charge on any atom is 0.419 e. The number of aryl methyl sites for hydroxylation is 1. The van der Waals surface area contributed by atoms with Crippen LogP contribution in [0.1, 0.15) is 31.7 Å². The van der Waals surface area contributed by atoms with Crippen molar-refractivity contribution in [3.63, 3.8) is 0 Å². The third-order valence-electron chi connectivity index (χ3n) is 3.32. The molecule has 0 unspecified atom stereocenters. The highest BCUT2D eigenvalue weighted by Gasteiger charge is 2.08. The van der Waals surface area contributed by atoms with Gasteiger partial charge in [-0.1, -0.05) is 25.8 Å². The van der Waals surface area contributed by atoms with Crippen LogP contribution in [0, 0.1) is 0 Å². The average Bonchev–Trinajstić information content (AvgIpc) is 2.71. The Morgan fingerprint density at radius 1 is 1.35 bits per heavy atom. The fraction of sp³-hybridized carbons (Fsp3) is 0.467. The summed E-state index contributed by atoms with van der Waals surface area (Å²) in [6, 6.07) is 5.37. The van der Waals surface area contributed by atoms with Gasteiger partial charge in [-0.05, 0) is 24.1 Å². The molecule has 0 fully saturated rings. The summed E-state index contributed by atoms with van der Waals surface area (Å²) >= 11 is 0. The second-order valence-corrected chi connectivity index (χ2v) is 4.96. The number of benzene rings is 1. The highest BCUT2D eigenvalue weighted by molar-refractivity contribution is 5.81. The van der Waals surface area contributed by atoms with Crippen LogP contribution in [0.5, 0.6) is 0 Å². The van der Waals surface area contributed by atoms with Crippen LogP contribution in [0.15, 0.2) is 27.4 Å². The largest absolute Gasteiger partial charge is 0.419 e. The zero-order chi connectivity index (χ0) is 14.5. The van der Waals surface area contributed by atoms with Gasteiger partial charge in [0.15, 0.2) is 5.58 Å². The van der Waals surface area contributed by atoms with E-state index in [4.69, 9.17) is 4.42 Å². The number of oxazole rings is 1. The highest BCUT2D eigenvalue weighted by Crippen LogP contribution is 2.14. The smallest absolute Gasteiger partial charge is 0.408 e. The van der Waals surface area contributed by atoms with Crippen molar-refractivity contribution in [2.45, 2.75) is 32.6 Å². The number of carbonyl (C=O) groups excluding carboxylic acids is 1. The lowest BCUT2D eigenvalue weighted by atomic mass is 10.1. The van der Waals surface area contributed by atoms with Crippen molar-refractivity contribution in [1.82, 2.24) is 9.88 Å². The quantitative estimate of drug-likeness (QED) is 0.820. The second-order valence-electron chi connectivity index (χ2n) is 4.96. The molecule has 0 aliphatic heterocycles. The molecule has 0 aliphatic carbocycles. The summed E-state index contributed by atoms with van der Waals surface area (Å²) in [5, 5.41) is 2.90. The van der Waals surface area contributed by atoms with Gasteiger partial charge in [-0.15, -0.1) is 0 Å². The molecule has 0 saturated heterocycles. The van der Waals surface area contributed by atoms with Crippen LogP contribution in [0.2, 0.25) is 0 Å². The maximum absolute atomic E-state index is 11.8. The van der Waals surface area contributed by atoms with Crippen LogP contribution >= 0.6 is 0 Å². The standard InChI is InChI=1S/C15H20N2O3/c1-3-4-5-8-16-14(18)10-11-6-7-13-12(9-11)17(2)15(19)20-13/h6-7,9H,3-5,8,10H2,1-2H3,(H,16,18). The van der Waals surface area contributed by atoms with E-state index in [0.29, 0.717) is 17.5 Å². The molecule has 0 saturated carbocycles. The average molecular weight is 276 g/mol. The van der Waals surface area contributed by atoms with Gasteiger partial charge in [0.1, 0.15) is 0 Å². The molecule has 0 aliphatic rings. The first kappa shape index (κ1) is 14.4. The van der Waals surface area contributed by atoms with Crippen LogP contribution in [0.3, 0.4) is 0 Å². The van der Waals surface area contributed by atoms with Gasteiger partial charge in [0, 0.05) is 13.6 Å². The zero-order valence-corrected chi connectivity index (χ0v) is 11.9. The summed E-state index contributed by atoms with van der Waals surface area (Å²) in [6.45, 7) is 2.85. The number of nitrogens with zero attached hydrogens (tertiary/aromatic N) is 1. The second kappa shape index (κ2) is 6.41. The Morgan fingerprint density at radius 2 is 2.15 bits per heavy atom. The summed E-state index contributed by atoms with van der Waals surface area (Å²) in [7, 11) is 1.66. The Bertz CT molecular complexity index is 655. The molecule has 5 nitrogen and oxygen atoms in total. The van der Waals surface area contributed by atoms with Crippen LogP contribution in [0.4, 0.5) is 0 Å². The Labute approximate surface area is 117 Å². The van der Waals surface area contributed by atoms with Crippen molar-refractivity contribution >= 4 is 17.0 Å². The molecular formula is C15H20N2O3. The van der Waals surface area contributed by atoms with E-state index >= 15 is 0 Å². The van der Waals surface area contributed by atoms with Crippen molar-refractivity contribution in [2.24, 2.45) is 7.05 Å². The minimum Gasteiger partial charge on any atom is -0.408 e. The Balaban J connectivity index is 2.01. The van der Waals surface area contributed by atoms with Gasteiger partial charge in [0.25, 0.3) is 0 Å². The minimum atomic E-state index is -0.388. The minimum absolute atomic E-state index is 0.00829. The van der Waals surface area contributed by atoms with Crippen LogP contribution < -0.4 is 11.1 Å². The Morgan fingerprint density at radius 3 is 2.90 bits per heavy atom. The first-order chi connectivity index (χ1) is 9.61. The molecule has 2 aromatic rings. The summed E-state index contributed by atoms with van der Waals surface area (Å²) in [6.07, 6.45) is 3.60. The maximum atomic E-state index is 11.8. The van der Waals surface area contributed by atoms with Crippen molar-refractivity contribution in [2.75, 3.05) is 6.54 Å². The third-order valence-corrected chi connectivity index (χ3v) is 3.32. The number of hydrogen-bond acceptors (Lipinski definition) is 3. The predicted molar refractivity (Wildman–Crippen MR) is 77.7 cm³/mol. The van der Waals surface area contributed by atoms with Crippen LogP contribution in [-0.4, -0.2) is 17.0 Å². The summed E-state index contributed by atoms with van der Waals surface area (Å²) in [4.78, 5) is 23.2. The first-order valence-electron chi connectivity index (χ1n) is 6.97. The lowest BCUT2D eigenvalue weighted by Gasteiger charge is -2.05. The molecule has 1 aromatic carbocycles. The molecule has 2 rings (SSSR count). The van der Waals surface area contributed by atoms with Crippen molar-refractivity contribution < 1.29 is 9.21 Å².